The highest BCUT2D eigenvalue weighted by Gasteiger charge is 2.21. The van der Waals surface area contributed by atoms with Crippen LogP contribution in [0.25, 0.3) is 0 Å². The number of hydrogen-bond acceptors (Lipinski definition) is 3. The third kappa shape index (κ3) is 1.95. The topological polar surface area (TPSA) is 49.0 Å². The Labute approximate surface area is 89.3 Å². The summed E-state index contributed by atoms with van der Waals surface area (Å²) in [5.41, 5.74) is 1.86. The van der Waals surface area contributed by atoms with Crippen LogP contribution < -0.4 is 5.56 Å². The Kier molecular flexibility index (Phi) is 2.61. The van der Waals surface area contributed by atoms with Crippen molar-refractivity contribution in [2.75, 3.05) is 6.54 Å². The number of aromatic nitrogens is 2. The van der Waals surface area contributed by atoms with Gasteiger partial charge in [0.15, 0.2) is 0 Å². The van der Waals surface area contributed by atoms with Crippen molar-refractivity contribution in [1.82, 2.24) is 14.9 Å². The smallest absolute Gasteiger partial charge is 0.255 e. The molecule has 1 N–H and O–H groups in total. The molecule has 0 saturated carbocycles. The van der Waals surface area contributed by atoms with Crippen LogP contribution >= 0.6 is 0 Å². The number of rotatable bonds is 1. The molecule has 4 heteroatoms. The normalized spacial score (nSPS) is 16.8. The second kappa shape index (κ2) is 3.77. The Balaban J connectivity index is 2.38. The Hall–Kier alpha value is -1.16. The van der Waals surface area contributed by atoms with Gasteiger partial charge in [-0.15, -0.1) is 0 Å². The summed E-state index contributed by atoms with van der Waals surface area (Å²) in [7, 11) is 0. The molecule has 0 aliphatic carbocycles. The molecule has 1 aromatic rings. The van der Waals surface area contributed by atoms with Gasteiger partial charge in [0.1, 0.15) is 5.82 Å². The van der Waals surface area contributed by atoms with Crippen LogP contribution in [-0.4, -0.2) is 27.5 Å². The molecule has 1 aliphatic heterocycles. The molecule has 0 saturated heterocycles. The molecule has 2 rings (SSSR count). The summed E-state index contributed by atoms with van der Waals surface area (Å²) < 4.78 is 0. The van der Waals surface area contributed by atoms with Gasteiger partial charge in [-0.2, -0.15) is 0 Å². The van der Waals surface area contributed by atoms with Gasteiger partial charge < -0.3 is 4.98 Å². The Morgan fingerprint density at radius 1 is 1.47 bits per heavy atom. The van der Waals surface area contributed by atoms with Gasteiger partial charge in [-0.3, -0.25) is 9.69 Å². The standard InChI is InChI=1S/C11H17N3O/c1-7(2)14-5-4-10-9(6-14)11(15)13-8(3)12-10/h7H,4-6H2,1-3H3,(H,12,13,15). The largest absolute Gasteiger partial charge is 0.310 e. The highest BCUT2D eigenvalue weighted by atomic mass is 16.1. The van der Waals surface area contributed by atoms with Gasteiger partial charge in [0.25, 0.3) is 5.56 Å². The van der Waals surface area contributed by atoms with Gasteiger partial charge in [-0.25, -0.2) is 4.98 Å². The number of aryl methyl sites for hydroxylation is 1. The monoisotopic (exact) mass is 207 g/mol. The number of aromatic amines is 1. The zero-order valence-corrected chi connectivity index (χ0v) is 9.50. The van der Waals surface area contributed by atoms with Crippen LogP contribution in [0, 0.1) is 6.92 Å². The number of nitrogens with one attached hydrogen (secondary N) is 1. The minimum Gasteiger partial charge on any atom is -0.310 e. The molecule has 0 fully saturated rings. The van der Waals surface area contributed by atoms with Crippen molar-refractivity contribution < 1.29 is 0 Å². The van der Waals surface area contributed by atoms with Gasteiger partial charge >= 0.3 is 0 Å². The molecular weight excluding hydrogens is 190 g/mol. The van der Waals surface area contributed by atoms with Gasteiger partial charge in [0, 0.05) is 25.6 Å². The van der Waals surface area contributed by atoms with Crippen molar-refractivity contribution in [2.45, 2.75) is 39.8 Å². The van der Waals surface area contributed by atoms with E-state index in [9.17, 15) is 4.79 Å². The molecule has 0 aromatic carbocycles. The molecule has 1 aromatic heterocycles. The molecule has 0 spiro atoms. The van der Waals surface area contributed by atoms with Crippen LogP contribution in [0.1, 0.15) is 30.9 Å². The molecule has 0 unspecified atom stereocenters. The Morgan fingerprint density at radius 3 is 2.87 bits per heavy atom. The quantitative estimate of drug-likeness (QED) is 0.742. The maximum absolute atomic E-state index is 11.7. The van der Waals surface area contributed by atoms with Crippen LogP contribution in [0.4, 0.5) is 0 Å². The van der Waals surface area contributed by atoms with Gasteiger partial charge in [0.05, 0.1) is 11.3 Å². The lowest BCUT2D eigenvalue weighted by atomic mass is 10.1. The number of H-pyrrole nitrogens is 1. The van der Waals surface area contributed by atoms with E-state index in [-0.39, 0.29) is 5.56 Å². The summed E-state index contributed by atoms with van der Waals surface area (Å²) in [6, 6.07) is 0.485. The third-order valence-electron chi connectivity index (χ3n) is 2.95. The predicted molar refractivity (Wildman–Crippen MR) is 58.8 cm³/mol. The second-order valence-corrected chi connectivity index (χ2v) is 4.39. The first-order valence-electron chi connectivity index (χ1n) is 5.40. The van der Waals surface area contributed by atoms with Crippen LogP contribution in [0.2, 0.25) is 0 Å². The number of hydrogen-bond donors (Lipinski definition) is 1. The van der Waals surface area contributed by atoms with Crippen molar-refractivity contribution >= 4 is 0 Å². The first kappa shape index (κ1) is 10.4. The molecule has 0 radical (unpaired) electrons. The fourth-order valence-corrected chi connectivity index (χ4v) is 2.01. The van der Waals surface area contributed by atoms with Crippen LogP contribution in [0.5, 0.6) is 0 Å². The van der Waals surface area contributed by atoms with E-state index in [0.29, 0.717) is 6.04 Å². The van der Waals surface area contributed by atoms with Gasteiger partial charge in [-0.1, -0.05) is 0 Å². The van der Waals surface area contributed by atoms with Crippen molar-refractivity contribution in [1.29, 1.82) is 0 Å². The van der Waals surface area contributed by atoms with E-state index in [4.69, 9.17) is 0 Å². The van der Waals surface area contributed by atoms with E-state index >= 15 is 0 Å². The van der Waals surface area contributed by atoms with Crippen LogP contribution in [0.3, 0.4) is 0 Å². The molecule has 2 heterocycles. The van der Waals surface area contributed by atoms with E-state index in [1.54, 1.807) is 0 Å². The van der Waals surface area contributed by atoms with E-state index in [0.717, 1.165) is 36.6 Å². The SMILES string of the molecule is Cc1nc2c(c(=O)[nH]1)CN(C(C)C)CC2. The van der Waals surface area contributed by atoms with E-state index in [1.165, 1.54) is 0 Å². The lowest BCUT2D eigenvalue weighted by Crippen LogP contribution is -2.39. The predicted octanol–water partition coefficient (Wildman–Crippen LogP) is 0.845. The average molecular weight is 207 g/mol. The second-order valence-electron chi connectivity index (χ2n) is 4.39. The highest BCUT2D eigenvalue weighted by molar-refractivity contribution is 5.20. The number of nitrogens with zero attached hydrogens (tertiary/aromatic N) is 2. The molecule has 82 valence electrons. The minimum absolute atomic E-state index is 0.0304. The maximum atomic E-state index is 11.7. The lowest BCUT2D eigenvalue weighted by Gasteiger charge is -2.30. The molecule has 0 bridgehead atoms. The summed E-state index contributed by atoms with van der Waals surface area (Å²) in [5.74, 6) is 0.719. The molecular formula is C11H17N3O. The minimum atomic E-state index is 0.0304. The summed E-state index contributed by atoms with van der Waals surface area (Å²) in [6.07, 6.45) is 0.887. The maximum Gasteiger partial charge on any atom is 0.255 e. The summed E-state index contributed by atoms with van der Waals surface area (Å²) in [6.45, 7) is 7.87. The fourth-order valence-electron chi connectivity index (χ4n) is 2.01. The lowest BCUT2D eigenvalue weighted by molar-refractivity contribution is 0.200. The zero-order valence-electron chi connectivity index (χ0n) is 9.50. The van der Waals surface area contributed by atoms with Crippen molar-refractivity contribution in [3.8, 4) is 0 Å². The molecule has 1 aliphatic rings. The summed E-state index contributed by atoms with van der Waals surface area (Å²) in [4.78, 5) is 21.2. The van der Waals surface area contributed by atoms with Gasteiger partial charge in [0.2, 0.25) is 0 Å². The van der Waals surface area contributed by atoms with E-state index < -0.39 is 0 Å². The molecule has 0 atom stereocenters. The highest BCUT2D eigenvalue weighted by Crippen LogP contribution is 2.15. The van der Waals surface area contributed by atoms with Crippen molar-refractivity contribution in [3.05, 3.63) is 27.4 Å². The first-order valence-corrected chi connectivity index (χ1v) is 5.40. The summed E-state index contributed by atoms with van der Waals surface area (Å²) in [5, 5.41) is 0. The van der Waals surface area contributed by atoms with E-state index in [2.05, 4.69) is 28.7 Å². The van der Waals surface area contributed by atoms with Crippen molar-refractivity contribution in [2.24, 2.45) is 0 Å². The number of fused-ring (bicyclic) bond motifs is 1. The fraction of sp³-hybridized carbons (Fsp3) is 0.636. The molecule has 15 heavy (non-hydrogen) atoms. The molecule has 0 amide bonds. The van der Waals surface area contributed by atoms with Crippen LogP contribution in [0.15, 0.2) is 4.79 Å². The van der Waals surface area contributed by atoms with Crippen LogP contribution in [-0.2, 0) is 13.0 Å². The van der Waals surface area contributed by atoms with Crippen molar-refractivity contribution in [3.63, 3.8) is 0 Å². The Morgan fingerprint density at radius 2 is 2.20 bits per heavy atom. The first-order chi connectivity index (χ1) is 7.08. The van der Waals surface area contributed by atoms with E-state index in [1.807, 2.05) is 6.92 Å². The Bertz CT molecular complexity index is 422. The zero-order chi connectivity index (χ0) is 11.0. The molecule has 4 nitrogen and oxygen atoms in total. The third-order valence-corrected chi connectivity index (χ3v) is 2.95. The summed E-state index contributed by atoms with van der Waals surface area (Å²) >= 11 is 0. The average Bonchev–Trinajstić information content (AvgIpc) is 2.16. The van der Waals surface area contributed by atoms with Gasteiger partial charge in [-0.05, 0) is 20.8 Å².